The van der Waals surface area contributed by atoms with Crippen LogP contribution in [-0.2, 0) is 65.7 Å². The van der Waals surface area contributed by atoms with Crippen molar-refractivity contribution >= 4 is 65.0 Å². The van der Waals surface area contributed by atoms with Crippen molar-refractivity contribution in [3.63, 3.8) is 0 Å². The number of carbonyl (C=O) groups excluding carboxylic acids is 10. The minimum absolute atomic E-state index is 0.00212. The molecule has 4 saturated heterocycles. The van der Waals surface area contributed by atoms with Crippen LogP contribution in [0.3, 0.4) is 0 Å². The number of carboxylic acids is 1. The molecule has 1 aromatic heterocycles. The average molecular weight is 1370 g/mol. The van der Waals surface area contributed by atoms with Gasteiger partial charge in [0.05, 0.1) is 24.8 Å². The number of halogens is 2. The third kappa shape index (κ3) is 21.2. The predicted octanol–water partition coefficient (Wildman–Crippen LogP) is -3.32. The van der Waals surface area contributed by atoms with Crippen LogP contribution in [0.25, 0.3) is 0 Å². The number of aliphatic carboxylic acids is 1. The summed E-state index contributed by atoms with van der Waals surface area (Å²) in [6, 6.07) is -11.7. The first-order valence-electron chi connectivity index (χ1n) is 35.2. The van der Waals surface area contributed by atoms with Crippen molar-refractivity contribution in [1.29, 1.82) is 0 Å². The highest BCUT2D eigenvalue weighted by Crippen LogP contribution is 2.40. The van der Waals surface area contributed by atoms with E-state index in [1.165, 1.54) is 9.58 Å². The van der Waals surface area contributed by atoms with E-state index in [2.05, 4.69) is 74.1 Å². The van der Waals surface area contributed by atoms with E-state index in [4.69, 9.17) is 11.5 Å². The number of aromatic nitrogens is 3. The third-order valence-electron chi connectivity index (χ3n) is 21.2. The molecule has 0 aromatic carbocycles. The summed E-state index contributed by atoms with van der Waals surface area (Å²) in [7, 11) is 0. The molecule has 540 valence electrons. The summed E-state index contributed by atoms with van der Waals surface area (Å²) < 4.78 is 31.9. The van der Waals surface area contributed by atoms with Crippen LogP contribution in [0, 0.1) is 29.6 Å². The second-order valence-corrected chi connectivity index (χ2v) is 28.2. The molecule has 0 spiro atoms. The first-order chi connectivity index (χ1) is 46.6. The van der Waals surface area contributed by atoms with Gasteiger partial charge in [-0.05, 0) is 190 Å². The lowest BCUT2D eigenvalue weighted by Gasteiger charge is -2.34. The molecule has 18 N–H and O–H groups in total. The summed E-state index contributed by atoms with van der Waals surface area (Å²) >= 11 is 0. The van der Waals surface area contributed by atoms with E-state index in [0.29, 0.717) is 109 Å². The van der Waals surface area contributed by atoms with Crippen molar-refractivity contribution in [2.45, 2.75) is 246 Å². The number of alkyl halides is 2. The Morgan fingerprint density at radius 1 is 0.598 bits per heavy atom. The molecule has 10 amide bonds. The van der Waals surface area contributed by atoms with Gasteiger partial charge >= 0.3 is 5.97 Å². The van der Waals surface area contributed by atoms with Gasteiger partial charge in [-0.15, -0.1) is 5.10 Å². The number of unbranched alkanes of at least 4 members (excludes halogenated alkanes) is 1. The van der Waals surface area contributed by atoms with Gasteiger partial charge in [0.1, 0.15) is 60.7 Å². The number of carboxylic acid groups (broad SMARTS) is 1. The number of fused-ring (bicyclic) bond motifs is 5. The third-order valence-corrected chi connectivity index (χ3v) is 21.2. The van der Waals surface area contributed by atoms with Gasteiger partial charge < -0.3 is 90.4 Å². The Hall–Kier alpha value is -7.07. The molecule has 7 fully saturated rings. The summed E-state index contributed by atoms with van der Waals surface area (Å²) in [4.78, 5) is 158. The second-order valence-electron chi connectivity index (χ2n) is 28.2. The number of amides is 10. The summed E-state index contributed by atoms with van der Waals surface area (Å²) in [6.45, 7) is 1.31. The van der Waals surface area contributed by atoms with E-state index in [9.17, 15) is 43.8 Å². The molecular weight excluding hydrogens is 1270 g/mol. The molecule has 2 bridgehead atoms. The molecular formula is C64H102F2N18O13. The van der Waals surface area contributed by atoms with E-state index in [-0.39, 0.29) is 126 Å². The number of primary amides is 1. The molecule has 5 aliphatic heterocycles. The van der Waals surface area contributed by atoms with Gasteiger partial charge in [-0.3, -0.25) is 57.4 Å². The highest BCUT2D eigenvalue weighted by Gasteiger charge is 2.47. The molecule has 17 atom stereocenters. The monoisotopic (exact) mass is 1370 g/mol. The van der Waals surface area contributed by atoms with Crippen LogP contribution in [0.15, 0.2) is 6.20 Å². The zero-order valence-corrected chi connectivity index (χ0v) is 55.3. The number of hydrogen-bond acceptors (Lipinski definition) is 19. The van der Waals surface area contributed by atoms with Crippen LogP contribution >= 0.6 is 0 Å². The van der Waals surface area contributed by atoms with Crippen LogP contribution < -0.4 is 75.3 Å². The molecule has 1 aromatic rings. The minimum atomic E-state index is -1.90. The molecule has 3 saturated carbocycles. The Morgan fingerprint density at radius 3 is 1.82 bits per heavy atom. The van der Waals surface area contributed by atoms with Crippen molar-refractivity contribution in [3.05, 3.63) is 11.9 Å². The lowest BCUT2D eigenvalue weighted by atomic mass is 9.76. The zero-order valence-electron chi connectivity index (χ0n) is 55.3. The van der Waals surface area contributed by atoms with Gasteiger partial charge in [0.15, 0.2) is 0 Å². The first-order valence-corrected chi connectivity index (χ1v) is 35.2. The molecule has 3 aliphatic carbocycles. The summed E-state index contributed by atoms with van der Waals surface area (Å²) in [5, 5.41) is 64.1. The van der Waals surface area contributed by atoms with E-state index in [0.717, 1.165) is 0 Å². The molecule has 31 nitrogen and oxygen atoms in total. The smallest absolute Gasteiger partial charge is 0.305 e. The van der Waals surface area contributed by atoms with Crippen molar-refractivity contribution in [2.75, 3.05) is 45.9 Å². The second kappa shape index (κ2) is 35.6. The predicted molar refractivity (Wildman–Crippen MR) is 344 cm³/mol. The van der Waals surface area contributed by atoms with E-state index < -0.39 is 157 Å². The van der Waals surface area contributed by atoms with Crippen molar-refractivity contribution in [2.24, 2.45) is 41.1 Å². The maximum atomic E-state index is 15.2. The normalized spacial score (nSPS) is 35.4. The van der Waals surface area contributed by atoms with Crippen molar-refractivity contribution in [3.8, 4) is 0 Å². The average Bonchev–Trinajstić information content (AvgIpc) is 1.79. The lowest BCUT2D eigenvalue weighted by molar-refractivity contribution is -0.143. The number of carbonyl (C=O) groups is 11. The summed E-state index contributed by atoms with van der Waals surface area (Å²) in [5.41, 5.74) is 12.1. The highest BCUT2D eigenvalue weighted by molar-refractivity contribution is 5.99. The maximum absolute atomic E-state index is 15.2. The Bertz CT molecular complexity index is 2920. The van der Waals surface area contributed by atoms with Gasteiger partial charge in [0, 0.05) is 57.0 Å². The van der Waals surface area contributed by atoms with Gasteiger partial charge in [0.2, 0.25) is 59.1 Å². The van der Waals surface area contributed by atoms with Gasteiger partial charge in [-0.1, -0.05) is 5.21 Å². The standard InChI is InChI=1S/C64H102F2N18O13/c65-37-10-15-44-42(24-37)35(28-70-44)22-48-59(92)77-49(23-36-29-71-45-16-11-38(66)25-43(36)45)60(93)79-51(27-56(88)89)62(95)78-50(26-40-30-69-33-73-40)61(94)80-52(21-34-8-13-41(85)14-9-34)64(97)84-20-3-6-53(84)63(96)76-46(57(68)90)17-12-39-32-83(82-81-39)19-4-7-54(86)74-47(5-1-2-18-67)58(91)72-31-55(87)75-48/h32,34-38,40-53,69-71,73,85H,1-31,33,67H2,(H2,68,90)(H,72,91)(H,74,86)(H,75,87)(H,76,96)(H,77,92)(H,78,95)(H,79,93)(H,80,94)(H,88,89)/t34?,35?,36?,37?,38?,40?,41?,42?,43?,44?,45?,46-,47-,48-,49-,50-,51-,52-,53-/m0/s1. The molecule has 0 radical (unpaired) electrons. The van der Waals surface area contributed by atoms with Gasteiger partial charge in [0.25, 0.3) is 0 Å². The number of aliphatic hydroxyl groups is 1. The number of nitrogens with zero attached hydrogens (tertiary/aromatic N) is 4. The van der Waals surface area contributed by atoms with Crippen LogP contribution in [-0.4, -0.2) is 226 Å². The Morgan fingerprint density at radius 2 is 1.21 bits per heavy atom. The van der Waals surface area contributed by atoms with Crippen molar-refractivity contribution < 1.29 is 71.7 Å². The number of aryl methyl sites for hydroxylation is 2. The van der Waals surface area contributed by atoms with Crippen LogP contribution in [0.1, 0.15) is 153 Å². The molecule has 9 rings (SSSR count). The largest absolute Gasteiger partial charge is 0.481 e. The van der Waals surface area contributed by atoms with Gasteiger partial charge in [-0.25, -0.2) is 8.78 Å². The van der Waals surface area contributed by atoms with E-state index in [1.807, 2.05) is 0 Å². The first kappa shape index (κ1) is 74.2. The Labute approximate surface area is 563 Å². The number of rotatable bonds is 15. The summed E-state index contributed by atoms with van der Waals surface area (Å²) in [6.07, 6.45) is 3.55. The number of hydrogen-bond donors (Lipinski definition) is 16. The fourth-order valence-electron chi connectivity index (χ4n) is 15.8. The fourth-order valence-corrected chi connectivity index (χ4v) is 15.8. The topological polar surface area (TPSA) is 459 Å². The number of nitrogens with one attached hydrogen (secondary N) is 12. The Kier molecular flexibility index (Phi) is 27.2. The Balaban J connectivity index is 1.03. The van der Waals surface area contributed by atoms with Crippen molar-refractivity contribution in [1.82, 2.24) is 83.7 Å². The highest BCUT2D eigenvalue weighted by atomic mass is 19.1. The molecule has 6 heterocycles. The SMILES string of the molecule is NCCCC[C@@H]1NC(=O)CCCn2cc(nn2)CC[C@@H](C(N)=O)NC(=O)[C@@H]2CCCN2C(=O)[C@H](CC2CCC(O)CC2)NC(=O)[C@H](CC2CNCN2)NC(=O)[C@H](CC(=O)O)NC(=O)[C@H](CC2CNC3CCC(F)CC23)NC(=O)[C@H](CC2CNC3CCC(F)CC23)NC(=O)CNC1=O. The van der Waals surface area contributed by atoms with Gasteiger partial charge in [-0.2, -0.15) is 0 Å². The number of nitrogens with two attached hydrogens (primary N) is 2. The van der Waals surface area contributed by atoms with Crippen LogP contribution in [0.2, 0.25) is 0 Å². The molecule has 97 heavy (non-hydrogen) atoms. The molecule has 8 aliphatic rings. The lowest BCUT2D eigenvalue weighted by Crippen LogP contribution is -2.61. The quantitative estimate of drug-likeness (QED) is 0.0764. The van der Waals surface area contributed by atoms with E-state index in [1.54, 1.807) is 6.20 Å². The molecule has 9 unspecified atom stereocenters. The number of aliphatic hydroxyl groups excluding tert-OH is 1. The van der Waals surface area contributed by atoms with Crippen LogP contribution in [0.5, 0.6) is 0 Å². The van der Waals surface area contributed by atoms with Crippen LogP contribution in [0.4, 0.5) is 8.78 Å². The zero-order chi connectivity index (χ0) is 69.3. The van der Waals surface area contributed by atoms with E-state index >= 15 is 28.0 Å². The summed E-state index contributed by atoms with van der Waals surface area (Å²) in [5.74, 6) is -11.0. The molecule has 33 heteroatoms. The maximum Gasteiger partial charge on any atom is 0.305 e. The minimum Gasteiger partial charge on any atom is -0.481 e. The fraction of sp³-hybridized carbons (Fsp3) is 0.797.